The molecule has 26 heavy (non-hydrogen) atoms. The number of hydrogen-bond donors (Lipinski definition) is 0. The first-order valence-electron chi connectivity index (χ1n) is 8.41. The van der Waals surface area contributed by atoms with Crippen molar-refractivity contribution in [2.45, 2.75) is 12.8 Å². The van der Waals surface area contributed by atoms with Gasteiger partial charge < -0.3 is 19.1 Å². The second-order valence-electron chi connectivity index (χ2n) is 5.92. The highest BCUT2D eigenvalue weighted by Crippen LogP contribution is 2.30. The average Bonchev–Trinajstić information content (AvgIpc) is 2.70. The molecule has 1 heterocycles. The van der Waals surface area contributed by atoms with Crippen LogP contribution in [-0.4, -0.2) is 39.2 Å². The van der Waals surface area contributed by atoms with Gasteiger partial charge in [-0.05, 0) is 42.7 Å². The number of methoxy groups -OCH3 is 2. The molecular formula is C20H21NO5. The summed E-state index contributed by atoms with van der Waals surface area (Å²) in [6.45, 7) is 0.569. The predicted octanol–water partition coefficient (Wildman–Crippen LogP) is 2.84. The number of ether oxygens (including phenoxy) is 3. The van der Waals surface area contributed by atoms with E-state index in [1.54, 1.807) is 17.0 Å². The average molecular weight is 355 g/mol. The number of carbonyl (C=O) groups is 2. The first-order chi connectivity index (χ1) is 12.6. The third-order valence-corrected chi connectivity index (χ3v) is 4.35. The summed E-state index contributed by atoms with van der Waals surface area (Å²) in [4.78, 5) is 26.0. The van der Waals surface area contributed by atoms with Crippen molar-refractivity contribution in [3.63, 3.8) is 0 Å². The molecule has 1 aliphatic heterocycles. The molecule has 2 aromatic rings. The van der Waals surface area contributed by atoms with Crippen molar-refractivity contribution in [3.05, 3.63) is 53.6 Å². The van der Waals surface area contributed by atoms with Gasteiger partial charge >= 0.3 is 5.97 Å². The number of nitrogens with zero attached hydrogens (tertiary/aromatic N) is 1. The van der Waals surface area contributed by atoms with E-state index in [1.165, 1.54) is 25.8 Å². The molecule has 0 atom stereocenters. The van der Waals surface area contributed by atoms with Crippen molar-refractivity contribution in [1.82, 2.24) is 0 Å². The fourth-order valence-corrected chi connectivity index (χ4v) is 3.04. The molecule has 1 aliphatic rings. The van der Waals surface area contributed by atoms with Gasteiger partial charge in [0.2, 0.25) is 0 Å². The van der Waals surface area contributed by atoms with E-state index >= 15 is 0 Å². The Morgan fingerprint density at radius 2 is 1.88 bits per heavy atom. The summed E-state index contributed by atoms with van der Waals surface area (Å²) >= 11 is 0. The summed E-state index contributed by atoms with van der Waals surface area (Å²) in [7, 11) is 2.79. The Balaban J connectivity index is 1.71. The van der Waals surface area contributed by atoms with E-state index in [1.807, 2.05) is 24.3 Å². The van der Waals surface area contributed by atoms with Gasteiger partial charge in [-0.25, -0.2) is 4.79 Å². The van der Waals surface area contributed by atoms with E-state index in [0.717, 1.165) is 18.5 Å². The fourth-order valence-electron chi connectivity index (χ4n) is 3.04. The van der Waals surface area contributed by atoms with Crippen LogP contribution in [0.2, 0.25) is 0 Å². The smallest absolute Gasteiger partial charge is 0.337 e. The highest BCUT2D eigenvalue weighted by atomic mass is 16.5. The van der Waals surface area contributed by atoms with E-state index in [-0.39, 0.29) is 12.5 Å². The van der Waals surface area contributed by atoms with Crippen LogP contribution in [0.3, 0.4) is 0 Å². The highest BCUT2D eigenvalue weighted by molar-refractivity contribution is 5.95. The Morgan fingerprint density at radius 3 is 2.65 bits per heavy atom. The minimum Gasteiger partial charge on any atom is -0.493 e. The zero-order valence-corrected chi connectivity index (χ0v) is 14.9. The second kappa shape index (κ2) is 7.91. The van der Waals surface area contributed by atoms with Crippen LogP contribution >= 0.6 is 0 Å². The van der Waals surface area contributed by atoms with Crippen molar-refractivity contribution in [2.24, 2.45) is 0 Å². The van der Waals surface area contributed by atoms with E-state index < -0.39 is 5.97 Å². The number of esters is 1. The Kier molecular flexibility index (Phi) is 5.41. The van der Waals surface area contributed by atoms with E-state index in [2.05, 4.69) is 0 Å². The zero-order chi connectivity index (χ0) is 18.5. The van der Waals surface area contributed by atoms with Crippen LogP contribution in [0, 0.1) is 0 Å². The molecule has 0 N–H and O–H groups in total. The van der Waals surface area contributed by atoms with Gasteiger partial charge in [-0.3, -0.25) is 4.79 Å². The number of para-hydroxylation sites is 1. The lowest BCUT2D eigenvalue weighted by Gasteiger charge is -2.29. The molecule has 0 spiro atoms. The molecule has 6 nitrogen and oxygen atoms in total. The summed E-state index contributed by atoms with van der Waals surface area (Å²) < 4.78 is 15.6. The van der Waals surface area contributed by atoms with Crippen LogP contribution in [0.25, 0.3) is 0 Å². The molecule has 136 valence electrons. The highest BCUT2D eigenvalue weighted by Gasteiger charge is 2.23. The molecule has 0 aliphatic carbocycles. The van der Waals surface area contributed by atoms with Crippen LogP contribution in [0.15, 0.2) is 42.5 Å². The quantitative estimate of drug-likeness (QED) is 0.772. The maximum atomic E-state index is 12.6. The standard InChI is InChI=1S/C20H21NO5/c1-24-18-12-15(20(23)25-2)9-10-17(18)26-13-19(22)21-11-5-7-14-6-3-4-8-16(14)21/h3-4,6,8-10,12H,5,7,11,13H2,1-2H3. The molecule has 0 saturated heterocycles. The van der Waals surface area contributed by atoms with E-state index in [4.69, 9.17) is 14.2 Å². The van der Waals surface area contributed by atoms with Crippen LogP contribution in [-0.2, 0) is 16.0 Å². The lowest BCUT2D eigenvalue weighted by Crippen LogP contribution is -2.38. The van der Waals surface area contributed by atoms with Gasteiger partial charge in [0.05, 0.1) is 19.8 Å². The molecule has 0 saturated carbocycles. The van der Waals surface area contributed by atoms with E-state index in [0.29, 0.717) is 23.6 Å². The summed E-state index contributed by atoms with van der Waals surface area (Å²) in [5, 5.41) is 0. The number of anilines is 1. The first kappa shape index (κ1) is 17.8. The maximum Gasteiger partial charge on any atom is 0.337 e. The molecule has 3 rings (SSSR count). The summed E-state index contributed by atoms with van der Waals surface area (Å²) in [6, 6.07) is 12.6. The SMILES string of the molecule is COC(=O)c1ccc(OCC(=O)N2CCCc3ccccc32)c(OC)c1. The molecule has 0 bridgehead atoms. The van der Waals surface area contributed by atoms with Gasteiger partial charge in [0.1, 0.15) is 0 Å². The topological polar surface area (TPSA) is 65.1 Å². The second-order valence-corrected chi connectivity index (χ2v) is 5.92. The van der Waals surface area contributed by atoms with Gasteiger partial charge in [0.25, 0.3) is 5.91 Å². The van der Waals surface area contributed by atoms with Gasteiger partial charge in [0, 0.05) is 12.2 Å². The molecule has 0 radical (unpaired) electrons. The Morgan fingerprint density at radius 1 is 1.08 bits per heavy atom. The number of amides is 1. The van der Waals surface area contributed by atoms with Crippen molar-refractivity contribution in [2.75, 3.05) is 32.3 Å². The number of hydrogen-bond acceptors (Lipinski definition) is 5. The Bertz CT molecular complexity index is 818. The number of rotatable bonds is 5. The maximum absolute atomic E-state index is 12.6. The minimum absolute atomic E-state index is 0.109. The number of carbonyl (C=O) groups excluding carboxylic acids is 2. The summed E-state index contributed by atoms with van der Waals surface area (Å²) in [5.74, 6) is 0.200. The molecule has 1 amide bonds. The predicted molar refractivity (Wildman–Crippen MR) is 96.9 cm³/mol. The molecule has 0 aromatic heterocycles. The molecule has 0 unspecified atom stereocenters. The van der Waals surface area contributed by atoms with Crippen LogP contribution in [0.4, 0.5) is 5.69 Å². The summed E-state index contributed by atoms with van der Waals surface area (Å²) in [6.07, 6.45) is 1.91. The normalized spacial score (nSPS) is 12.9. The van der Waals surface area contributed by atoms with E-state index in [9.17, 15) is 9.59 Å². The van der Waals surface area contributed by atoms with Gasteiger partial charge in [-0.2, -0.15) is 0 Å². The van der Waals surface area contributed by atoms with Crippen LogP contribution in [0.5, 0.6) is 11.5 Å². The fraction of sp³-hybridized carbons (Fsp3) is 0.300. The summed E-state index contributed by atoms with van der Waals surface area (Å²) in [5.41, 5.74) is 2.47. The van der Waals surface area contributed by atoms with Crippen molar-refractivity contribution in [1.29, 1.82) is 0 Å². The third kappa shape index (κ3) is 3.64. The molecule has 0 fully saturated rings. The number of aryl methyl sites for hydroxylation is 1. The molecule has 2 aromatic carbocycles. The van der Waals surface area contributed by atoms with Crippen molar-refractivity contribution < 1.29 is 23.8 Å². The first-order valence-corrected chi connectivity index (χ1v) is 8.41. The van der Waals surface area contributed by atoms with Gasteiger partial charge in [-0.15, -0.1) is 0 Å². The molecular weight excluding hydrogens is 334 g/mol. The Hall–Kier alpha value is -3.02. The lowest BCUT2D eigenvalue weighted by molar-refractivity contribution is -0.120. The van der Waals surface area contributed by atoms with Crippen LogP contribution < -0.4 is 14.4 Å². The monoisotopic (exact) mass is 355 g/mol. The zero-order valence-electron chi connectivity index (χ0n) is 14.9. The molecule has 6 heteroatoms. The van der Waals surface area contributed by atoms with Gasteiger partial charge in [-0.1, -0.05) is 18.2 Å². The van der Waals surface area contributed by atoms with Crippen molar-refractivity contribution in [3.8, 4) is 11.5 Å². The minimum atomic E-state index is -0.462. The lowest BCUT2D eigenvalue weighted by atomic mass is 10.0. The van der Waals surface area contributed by atoms with Crippen molar-refractivity contribution >= 4 is 17.6 Å². The number of fused-ring (bicyclic) bond motifs is 1. The number of benzene rings is 2. The third-order valence-electron chi connectivity index (χ3n) is 4.35. The largest absolute Gasteiger partial charge is 0.493 e. The van der Waals surface area contributed by atoms with Crippen LogP contribution in [0.1, 0.15) is 22.3 Å². The Labute approximate surface area is 152 Å². The van der Waals surface area contributed by atoms with Gasteiger partial charge in [0.15, 0.2) is 18.1 Å².